The van der Waals surface area contributed by atoms with Gasteiger partial charge in [-0.3, -0.25) is 4.79 Å². The molecular weight excluding hydrogens is 344 g/mol. The average molecular weight is 362 g/mol. The summed E-state index contributed by atoms with van der Waals surface area (Å²) in [4.78, 5) is 13.0. The SMILES string of the molecule is [2H]Oc1ccc(N([2H])C(=O)C([2H])([2H])C2c3nnnn3-c3ccc(Cl)cc3N2[2H])cc1. The topological polar surface area (TPSA) is 105 Å². The van der Waals surface area contributed by atoms with Gasteiger partial charge in [0.1, 0.15) is 5.75 Å². The fraction of sp³-hybridized carbons (Fsp3) is 0.125. The molecule has 0 saturated carbocycles. The van der Waals surface area contributed by atoms with Crippen LogP contribution in [0.4, 0.5) is 11.4 Å². The van der Waals surface area contributed by atoms with Gasteiger partial charge in [0.2, 0.25) is 5.91 Å². The molecule has 0 spiro atoms. The Balaban J connectivity index is 1.73. The van der Waals surface area contributed by atoms with Crippen molar-refractivity contribution in [3.63, 3.8) is 0 Å². The third-order valence-electron chi connectivity index (χ3n) is 3.50. The molecule has 4 rings (SSSR count). The number of fused-ring (bicyclic) bond motifs is 3. The van der Waals surface area contributed by atoms with Gasteiger partial charge in [-0.05, 0) is 52.9 Å². The van der Waals surface area contributed by atoms with E-state index in [9.17, 15) is 4.79 Å². The van der Waals surface area contributed by atoms with Gasteiger partial charge in [0.05, 0.1) is 23.8 Å². The van der Waals surface area contributed by atoms with Gasteiger partial charge in [0, 0.05) is 13.5 Å². The maximum Gasteiger partial charge on any atom is 0.293 e. The van der Waals surface area contributed by atoms with E-state index in [4.69, 9.17) is 18.6 Å². The Labute approximate surface area is 154 Å². The van der Waals surface area contributed by atoms with Crippen LogP contribution in [0.3, 0.4) is 0 Å². The van der Waals surface area contributed by atoms with Crippen LogP contribution in [0.1, 0.15) is 21.0 Å². The van der Waals surface area contributed by atoms with Gasteiger partial charge in [0.15, 0.2) is 8.65 Å². The molecule has 0 aliphatic carbocycles. The van der Waals surface area contributed by atoms with E-state index < -0.39 is 18.3 Å². The Bertz CT molecular complexity index is 1110. The van der Waals surface area contributed by atoms with Crippen molar-refractivity contribution in [2.45, 2.75) is 12.4 Å². The maximum absolute atomic E-state index is 13.0. The minimum Gasteiger partial charge on any atom is -0.508 e. The first kappa shape index (κ1) is 10.7. The van der Waals surface area contributed by atoms with Crippen molar-refractivity contribution in [3.05, 3.63) is 53.3 Å². The molecule has 1 amide bonds. The number of carbonyl (C=O) groups excluding carboxylic acids is 1. The van der Waals surface area contributed by atoms with Crippen molar-refractivity contribution >= 4 is 28.9 Å². The van der Waals surface area contributed by atoms with E-state index in [0.29, 0.717) is 16.0 Å². The van der Waals surface area contributed by atoms with Crippen molar-refractivity contribution in [1.82, 2.24) is 20.2 Å². The van der Waals surface area contributed by atoms with Crippen molar-refractivity contribution in [2.24, 2.45) is 0 Å². The Morgan fingerprint density at radius 2 is 2.32 bits per heavy atom. The van der Waals surface area contributed by atoms with E-state index in [-0.39, 0.29) is 22.9 Å². The number of aromatic nitrogens is 4. The molecule has 9 heteroatoms. The van der Waals surface area contributed by atoms with Crippen LogP contribution in [0.2, 0.25) is 7.85 Å². The number of nitrogens with zero attached hydrogens (tertiary/aromatic N) is 4. The summed E-state index contributed by atoms with van der Waals surface area (Å²) in [6, 6.07) is 8.46. The highest BCUT2D eigenvalue weighted by molar-refractivity contribution is 6.31. The summed E-state index contributed by atoms with van der Waals surface area (Å²) in [6.07, 6.45) is -2.76. The molecule has 126 valence electrons. The van der Waals surface area contributed by atoms with Crippen molar-refractivity contribution in [1.29, 1.82) is 1.43 Å². The van der Waals surface area contributed by atoms with Crippen LogP contribution in [-0.4, -0.2) is 32.7 Å². The number of rotatable bonds is 4. The third-order valence-corrected chi connectivity index (χ3v) is 3.73. The molecule has 0 bridgehead atoms. The second kappa shape index (κ2) is 6.06. The molecule has 3 aromatic rings. The van der Waals surface area contributed by atoms with Crippen LogP contribution in [0.15, 0.2) is 42.5 Å². The zero-order chi connectivity index (χ0) is 21.6. The Hall–Kier alpha value is -3.13. The number of hydrogen-bond acceptors (Lipinski definition) is 6. The Morgan fingerprint density at radius 1 is 1.48 bits per heavy atom. The molecular formula is C16H13ClN6O2. The van der Waals surface area contributed by atoms with E-state index in [2.05, 4.69) is 20.6 Å². The molecule has 1 atom stereocenters. The predicted octanol–water partition coefficient (Wildman–Crippen LogP) is 2.52. The maximum atomic E-state index is 13.0. The van der Waals surface area contributed by atoms with Gasteiger partial charge in [-0.15, -0.1) is 5.10 Å². The largest absolute Gasteiger partial charge is 0.508 e. The van der Waals surface area contributed by atoms with E-state index in [1.165, 1.54) is 35.0 Å². The first-order valence-electron chi connectivity index (χ1n) is 9.49. The van der Waals surface area contributed by atoms with Crippen LogP contribution < -0.4 is 10.6 Å². The third kappa shape index (κ3) is 2.99. The summed E-state index contributed by atoms with van der Waals surface area (Å²) < 4.78 is 41.6. The number of tetrazole rings is 1. The molecule has 0 radical (unpaired) electrons. The molecule has 1 aliphatic rings. The second-order valence-electron chi connectivity index (χ2n) is 5.17. The van der Waals surface area contributed by atoms with Crippen LogP contribution >= 0.6 is 11.6 Å². The summed E-state index contributed by atoms with van der Waals surface area (Å²) in [6.45, 7) is 0. The lowest BCUT2D eigenvalue weighted by Gasteiger charge is -2.25. The van der Waals surface area contributed by atoms with E-state index in [1.54, 1.807) is 12.1 Å². The number of aromatic hydroxyl groups is 1. The van der Waals surface area contributed by atoms with Crippen molar-refractivity contribution < 1.29 is 15.5 Å². The van der Waals surface area contributed by atoms with Crippen LogP contribution in [0, 0.1) is 0 Å². The number of nitrogens with one attached hydrogen (secondary N) is 2. The predicted molar refractivity (Wildman–Crippen MR) is 91.9 cm³/mol. The zero-order valence-electron chi connectivity index (χ0n) is 17.5. The van der Waals surface area contributed by atoms with E-state index >= 15 is 0 Å². The highest BCUT2D eigenvalue weighted by Gasteiger charge is 2.29. The van der Waals surface area contributed by atoms with Gasteiger partial charge in [-0.2, -0.15) is 4.68 Å². The normalized spacial score (nSPS) is 18.7. The van der Waals surface area contributed by atoms with E-state index in [0.717, 1.165) is 5.31 Å². The Morgan fingerprint density at radius 3 is 3.12 bits per heavy atom. The number of phenolic OH excluding ortho intramolecular Hbond substituents is 1. The fourth-order valence-corrected chi connectivity index (χ4v) is 2.56. The molecule has 2 heterocycles. The summed E-state index contributed by atoms with van der Waals surface area (Å²) in [5.41, 5.74) is 0.667. The quantitative estimate of drug-likeness (QED) is 0.617. The number of phenols is 1. The van der Waals surface area contributed by atoms with Crippen molar-refractivity contribution in [2.75, 3.05) is 10.6 Å². The number of anilines is 2. The van der Waals surface area contributed by atoms with Gasteiger partial charge >= 0.3 is 0 Å². The molecule has 3 N–H and O–H groups in total. The number of hydrogen-bond donors (Lipinski definition) is 3. The smallest absolute Gasteiger partial charge is 0.293 e. The number of amides is 1. The molecule has 1 aliphatic heterocycles. The van der Waals surface area contributed by atoms with Crippen LogP contribution in [-0.2, 0) is 4.79 Å². The first-order valence-corrected chi connectivity index (χ1v) is 7.56. The summed E-state index contributed by atoms with van der Waals surface area (Å²) >= 11 is 6.03. The number of halogens is 1. The molecule has 2 aromatic carbocycles. The van der Waals surface area contributed by atoms with Gasteiger partial charge in [-0.1, -0.05) is 11.6 Å². The van der Waals surface area contributed by atoms with Crippen LogP contribution in [0.5, 0.6) is 5.75 Å². The minimum absolute atomic E-state index is 0.0556. The van der Waals surface area contributed by atoms with Crippen LogP contribution in [0.25, 0.3) is 5.69 Å². The van der Waals surface area contributed by atoms with Crippen molar-refractivity contribution in [3.8, 4) is 11.4 Å². The lowest BCUT2D eigenvalue weighted by molar-refractivity contribution is -0.116. The number of carbonyl (C=O) groups is 1. The lowest BCUT2D eigenvalue weighted by Crippen LogP contribution is -2.27. The molecule has 1 unspecified atom stereocenters. The summed E-state index contributed by atoms with van der Waals surface area (Å²) in [5, 5.41) is 17.0. The lowest BCUT2D eigenvalue weighted by atomic mass is 10.1. The van der Waals surface area contributed by atoms with Gasteiger partial charge in [-0.25, -0.2) is 0 Å². The van der Waals surface area contributed by atoms with Gasteiger partial charge in [0.25, 0.3) is 1.43 Å². The minimum atomic E-state index is -2.76. The molecule has 0 saturated heterocycles. The monoisotopic (exact) mass is 361 g/mol. The summed E-state index contributed by atoms with van der Waals surface area (Å²) in [5.74, 6) is -1.10. The first-order chi connectivity index (χ1) is 14.3. The highest BCUT2D eigenvalue weighted by atomic mass is 35.5. The number of benzene rings is 2. The molecule has 0 fully saturated rings. The Kier molecular flexibility index (Phi) is 2.59. The molecule has 25 heavy (non-hydrogen) atoms. The molecule has 8 nitrogen and oxygen atoms in total. The summed E-state index contributed by atoms with van der Waals surface area (Å²) in [7, 11) is 0. The van der Waals surface area contributed by atoms with Gasteiger partial charge < -0.3 is 15.7 Å². The van der Waals surface area contributed by atoms with E-state index in [1.807, 2.05) is 0 Å². The standard InChI is InChI=1S/C16H13ClN6O2/c17-9-1-6-14-12(7-9)19-13(16-20-21-22-23(14)16)8-15(25)18-10-2-4-11(24)5-3-10/h1-7,13,19,24H,8H2,(H,18,25)/i8D2/hD3. The highest BCUT2D eigenvalue weighted by Crippen LogP contribution is 2.34. The second-order valence-corrected chi connectivity index (χ2v) is 5.61. The molecule has 1 aromatic heterocycles. The zero-order valence-corrected chi connectivity index (χ0v) is 13.3. The fourth-order valence-electron chi connectivity index (χ4n) is 2.40. The average Bonchev–Trinajstić information content (AvgIpc) is 3.22.